The number of rotatable bonds is 7. The van der Waals surface area contributed by atoms with Crippen LogP contribution >= 0.6 is 0 Å². The summed E-state index contributed by atoms with van der Waals surface area (Å²) in [5.74, 6) is 0.357. The molecular weight excluding hydrogens is 307 g/mol. The van der Waals surface area contributed by atoms with Crippen LogP contribution < -0.4 is 15.8 Å². The fraction of sp³-hybridized carbons (Fsp3) is 0.316. The van der Waals surface area contributed by atoms with E-state index >= 15 is 0 Å². The van der Waals surface area contributed by atoms with Crippen LogP contribution in [0.25, 0.3) is 0 Å². The maximum Gasteiger partial charge on any atom is 0.237 e. The quantitative estimate of drug-likeness (QED) is 0.820. The second kappa shape index (κ2) is 8.45. The molecule has 1 atom stereocenters. The molecule has 0 fully saturated rings. The van der Waals surface area contributed by atoms with Crippen LogP contribution in [0.1, 0.15) is 25.0 Å². The summed E-state index contributed by atoms with van der Waals surface area (Å²) in [6, 6.07) is 13.2. The number of carbonyl (C=O) groups is 1. The van der Waals surface area contributed by atoms with Gasteiger partial charge < -0.3 is 15.8 Å². The summed E-state index contributed by atoms with van der Waals surface area (Å²) in [7, 11) is 0. The Labute approximate surface area is 141 Å². The average Bonchev–Trinajstić information content (AvgIpc) is 2.58. The van der Waals surface area contributed by atoms with Crippen molar-refractivity contribution in [1.29, 1.82) is 0 Å². The van der Waals surface area contributed by atoms with Gasteiger partial charge in [0.2, 0.25) is 5.91 Å². The summed E-state index contributed by atoms with van der Waals surface area (Å²) in [6.07, 6.45) is 0. The fourth-order valence-electron chi connectivity index (χ4n) is 2.11. The van der Waals surface area contributed by atoms with E-state index in [-0.39, 0.29) is 17.6 Å². The predicted octanol–water partition coefficient (Wildman–Crippen LogP) is 3.00. The van der Waals surface area contributed by atoms with Crippen molar-refractivity contribution in [3.63, 3.8) is 0 Å². The first-order chi connectivity index (χ1) is 11.5. The van der Waals surface area contributed by atoms with E-state index in [0.717, 1.165) is 11.1 Å². The van der Waals surface area contributed by atoms with Gasteiger partial charge in [-0.3, -0.25) is 4.79 Å². The molecule has 0 saturated carbocycles. The first kappa shape index (κ1) is 17.9. The molecule has 0 aromatic heterocycles. The van der Waals surface area contributed by atoms with Crippen molar-refractivity contribution in [2.75, 3.05) is 0 Å². The van der Waals surface area contributed by atoms with Crippen molar-refractivity contribution in [2.24, 2.45) is 11.7 Å². The minimum Gasteiger partial charge on any atom is -0.489 e. The zero-order chi connectivity index (χ0) is 17.5. The highest BCUT2D eigenvalue weighted by Gasteiger charge is 2.16. The Morgan fingerprint density at radius 3 is 2.50 bits per heavy atom. The molecule has 2 aromatic rings. The molecule has 3 N–H and O–H groups in total. The lowest BCUT2D eigenvalue weighted by molar-refractivity contribution is -0.123. The van der Waals surface area contributed by atoms with Gasteiger partial charge in [0, 0.05) is 6.54 Å². The van der Waals surface area contributed by atoms with Crippen LogP contribution in [-0.4, -0.2) is 11.9 Å². The van der Waals surface area contributed by atoms with Gasteiger partial charge in [0.15, 0.2) is 0 Å². The zero-order valence-electron chi connectivity index (χ0n) is 14.0. The Morgan fingerprint density at radius 1 is 1.17 bits per heavy atom. The highest BCUT2D eigenvalue weighted by molar-refractivity contribution is 5.81. The smallest absolute Gasteiger partial charge is 0.237 e. The molecule has 1 amide bonds. The maximum absolute atomic E-state index is 13.1. The van der Waals surface area contributed by atoms with Gasteiger partial charge in [0.05, 0.1) is 6.04 Å². The molecule has 0 heterocycles. The lowest BCUT2D eigenvalue weighted by Crippen LogP contribution is -2.43. The first-order valence-corrected chi connectivity index (χ1v) is 7.95. The zero-order valence-corrected chi connectivity index (χ0v) is 14.0. The van der Waals surface area contributed by atoms with Gasteiger partial charge in [-0.2, -0.15) is 0 Å². The second-order valence-corrected chi connectivity index (χ2v) is 6.05. The van der Waals surface area contributed by atoms with Gasteiger partial charge in [-0.05, 0) is 41.3 Å². The number of ether oxygens (including phenoxy) is 1. The lowest BCUT2D eigenvalue weighted by Gasteiger charge is -2.15. The lowest BCUT2D eigenvalue weighted by atomic mass is 10.0. The average molecular weight is 330 g/mol. The van der Waals surface area contributed by atoms with E-state index in [1.807, 2.05) is 44.2 Å². The normalized spacial score (nSPS) is 12.0. The molecule has 0 aliphatic rings. The van der Waals surface area contributed by atoms with Crippen LogP contribution in [0.15, 0.2) is 48.5 Å². The predicted molar refractivity (Wildman–Crippen MR) is 91.8 cm³/mol. The van der Waals surface area contributed by atoms with Crippen LogP contribution in [0.5, 0.6) is 5.75 Å². The van der Waals surface area contributed by atoms with Crippen LogP contribution in [0.2, 0.25) is 0 Å². The van der Waals surface area contributed by atoms with E-state index in [1.165, 1.54) is 12.1 Å². The summed E-state index contributed by atoms with van der Waals surface area (Å²) < 4.78 is 18.7. The number of carbonyl (C=O) groups excluding carboxylic acids is 1. The third-order valence-electron chi connectivity index (χ3n) is 3.71. The molecule has 0 radical (unpaired) electrons. The van der Waals surface area contributed by atoms with Gasteiger partial charge in [-0.15, -0.1) is 0 Å². The molecule has 24 heavy (non-hydrogen) atoms. The third-order valence-corrected chi connectivity index (χ3v) is 3.71. The SMILES string of the molecule is CC(C)[C@H](N)C(=O)NCc1ccc(OCc2cccc(F)c2)cc1. The van der Waals surface area contributed by atoms with Crippen molar-refractivity contribution in [1.82, 2.24) is 5.32 Å². The summed E-state index contributed by atoms with van der Waals surface area (Å²) in [5, 5.41) is 2.82. The first-order valence-electron chi connectivity index (χ1n) is 7.95. The summed E-state index contributed by atoms with van der Waals surface area (Å²) >= 11 is 0. The van der Waals surface area contributed by atoms with E-state index in [4.69, 9.17) is 10.5 Å². The summed E-state index contributed by atoms with van der Waals surface area (Å²) in [4.78, 5) is 11.8. The molecule has 2 aromatic carbocycles. The van der Waals surface area contributed by atoms with Crippen molar-refractivity contribution in [3.8, 4) is 5.75 Å². The van der Waals surface area contributed by atoms with Crippen molar-refractivity contribution >= 4 is 5.91 Å². The van der Waals surface area contributed by atoms with Crippen LogP contribution in [0.4, 0.5) is 4.39 Å². The maximum atomic E-state index is 13.1. The van der Waals surface area contributed by atoms with Gasteiger partial charge in [0.1, 0.15) is 18.2 Å². The number of benzene rings is 2. The van der Waals surface area contributed by atoms with Crippen molar-refractivity contribution < 1.29 is 13.9 Å². The van der Waals surface area contributed by atoms with E-state index in [2.05, 4.69) is 5.32 Å². The number of hydrogen-bond acceptors (Lipinski definition) is 3. The van der Waals surface area contributed by atoms with Crippen molar-refractivity contribution in [3.05, 3.63) is 65.5 Å². The monoisotopic (exact) mass is 330 g/mol. The van der Waals surface area contributed by atoms with E-state index in [1.54, 1.807) is 6.07 Å². The molecule has 4 nitrogen and oxygen atoms in total. The Kier molecular flexibility index (Phi) is 6.32. The molecule has 0 aliphatic heterocycles. The highest BCUT2D eigenvalue weighted by atomic mass is 19.1. The molecule has 2 rings (SSSR count). The molecular formula is C19H23FN2O2. The molecule has 5 heteroatoms. The molecule has 128 valence electrons. The third kappa shape index (κ3) is 5.35. The Hall–Kier alpha value is -2.40. The minimum absolute atomic E-state index is 0.101. The highest BCUT2D eigenvalue weighted by Crippen LogP contribution is 2.15. The minimum atomic E-state index is -0.501. The van der Waals surface area contributed by atoms with Gasteiger partial charge in [0.25, 0.3) is 0 Å². The number of nitrogens with one attached hydrogen (secondary N) is 1. The summed E-state index contributed by atoms with van der Waals surface area (Å²) in [5.41, 5.74) is 7.52. The largest absolute Gasteiger partial charge is 0.489 e. The fourth-order valence-corrected chi connectivity index (χ4v) is 2.11. The van der Waals surface area contributed by atoms with Gasteiger partial charge >= 0.3 is 0 Å². The number of nitrogens with two attached hydrogens (primary N) is 1. The number of hydrogen-bond donors (Lipinski definition) is 2. The van der Waals surface area contributed by atoms with Gasteiger partial charge in [-0.25, -0.2) is 4.39 Å². The Morgan fingerprint density at radius 2 is 1.88 bits per heavy atom. The van der Waals surface area contributed by atoms with Gasteiger partial charge in [-0.1, -0.05) is 38.1 Å². The van der Waals surface area contributed by atoms with Crippen molar-refractivity contribution in [2.45, 2.75) is 33.0 Å². The number of amides is 1. The second-order valence-electron chi connectivity index (χ2n) is 6.05. The number of halogens is 1. The summed E-state index contributed by atoms with van der Waals surface area (Å²) in [6.45, 7) is 4.55. The topological polar surface area (TPSA) is 64.4 Å². The van der Waals surface area contributed by atoms with Crippen LogP contribution in [0.3, 0.4) is 0 Å². The van der Waals surface area contributed by atoms with E-state index in [9.17, 15) is 9.18 Å². The van der Waals surface area contributed by atoms with Crippen LogP contribution in [-0.2, 0) is 17.9 Å². The van der Waals surface area contributed by atoms with E-state index in [0.29, 0.717) is 18.9 Å². The van der Waals surface area contributed by atoms with Crippen LogP contribution in [0, 0.1) is 11.7 Å². The Balaban J connectivity index is 1.83. The Bertz CT molecular complexity index is 671. The van der Waals surface area contributed by atoms with E-state index < -0.39 is 6.04 Å². The molecule has 0 spiro atoms. The molecule has 0 saturated heterocycles. The molecule has 0 unspecified atom stereocenters. The molecule has 0 bridgehead atoms. The molecule has 0 aliphatic carbocycles. The standard InChI is InChI=1S/C19H23FN2O2/c1-13(2)18(21)19(23)22-11-14-6-8-17(9-7-14)24-12-15-4-3-5-16(20)10-15/h3-10,13,18H,11-12,21H2,1-2H3,(H,22,23)/t18-/m0/s1.